The number of piperazine rings is 1. The fourth-order valence-electron chi connectivity index (χ4n) is 4.82. The molecule has 0 aromatic heterocycles. The van der Waals surface area contributed by atoms with Crippen LogP contribution in [-0.2, 0) is 4.79 Å². The zero-order valence-electron chi connectivity index (χ0n) is 18.3. The van der Waals surface area contributed by atoms with Crippen LogP contribution in [0.4, 0.5) is 20.6 Å². The monoisotopic (exact) mass is 478 g/mol. The van der Waals surface area contributed by atoms with Crippen LogP contribution >= 0.6 is 11.6 Å². The van der Waals surface area contributed by atoms with Gasteiger partial charge in [-0.1, -0.05) is 41.9 Å². The molecule has 3 atom stereocenters. The van der Waals surface area contributed by atoms with Gasteiger partial charge in [0.1, 0.15) is 11.9 Å². The first-order valence-electron chi connectivity index (χ1n) is 11.2. The first-order chi connectivity index (χ1) is 16.5. The van der Waals surface area contributed by atoms with Crippen LogP contribution in [0.15, 0.2) is 78.9 Å². The van der Waals surface area contributed by atoms with Gasteiger partial charge >= 0.3 is 6.03 Å². The van der Waals surface area contributed by atoms with Crippen molar-refractivity contribution in [2.24, 2.45) is 0 Å². The Hall–Kier alpha value is -3.58. The molecule has 2 aliphatic heterocycles. The topological polar surface area (TPSA) is 64.7 Å². The van der Waals surface area contributed by atoms with Crippen molar-refractivity contribution in [2.75, 3.05) is 23.3 Å². The molecule has 2 heterocycles. The van der Waals surface area contributed by atoms with Crippen molar-refractivity contribution in [2.45, 2.75) is 24.5 Å². The van der Waals surface area contributed by atoms with Gasteiger partial charge in [-0.15, -0.1) is 0 Å². The second kappa shape index (κ2) is 9.35. The molecule has 2 fully saturated rings. The van der Waals surface area contributed by atoms with Crippen molar-refractivity contribution in [3.63, 3.8) is 0 Å². The predicted octanol–water partition coefficient (Wildman–Crippen LogP) is 4.83. The number of hydrogen-bond donors (Lipinski definition) is 2. The van der Waals surface area contributed by atoms with Gasteiger partial charge in [0.25, 0.3) is 0 Å². The number of fused-ring (bicyclic) bond motifs is 2. The molecule has 3 unspecified atom stereocenters. The van der Waals surface area contributed by atoms with Crippen molar-refractivity contribution in [1.82, 2.24) is 10.2 Å². The van der Waals surface area contributed by atoms with Gasteiger partial charge in [0.2, 0.25) is 5.91 Å². The lowest BCUT2D eigenvalue weighted by Crippen LogP contribution is -2.52. The van der Waals surface area contributed by atoms with Gasteiger partial charge in [-0.25, -0.2) is 9.18 Å². The number of carbonyl (C=O) groups excluding carboxylic acids is 2. The summed E-state index contributed by atoms with van der Waals surface area (Å²) in [6.07, 6.45) is 0.849. The molecular weight excluding hydrogens is 455 g/mol. The van der Waals surface area contributed by atoms with Crippen molar-refractivity contribution in [3.05, 3.63) is 95.3 Å². The predicted molar refractivity (Wildman–Crippen MR) is 130 cm³/mol. The minimum absolute atomic E-state index is 0.0369. The van der Waals surface area contributed by atoms with Crippen LogP contribution in [0.2, 0.25) is 5.02 Å². The summed E-state index contributed by atoms with van der Waals surface area (Å²) in [5.74, 6) is -0.401. The van der Waals surface area contributed by atoms with Gasteiger partial charge in [-0.05, 0) is 60.5 Å². The number of halogens is 2. The minimum Gasteiger partial charge on any atom is -0.365 e. The Balaban J connectivity index is 1.30. The maximum atomic E-state index is 13.7. The molecule has 3 aromatic rings. The molecule has 2 aliphatic rings. The number of hydrogen-bond acceptors (Lipinski definition) is 3. The van der Waals surface area contributed by atoms with Crippen molar-refractivity contribution < 1.29 is 14.0 Å². The second-order valence-electron chi connectivity index (χ2n) is 8.61. The molecule has 0 radical (unpaired) electrons. The average Bonchev–Trinajstić information content (AvgIpc) is 3.46. The van der Waals surface area contributed by atoms with E-state index in [2.05, 4.69) is 15.5 Å². The average molecular weight is 479 g/mol. The maximum Gasteiger partial charge on any atom is 0.320 e. The molecule has 34 heavy (non-hydrogen) atoms. The van der Waals surface area contributed by atoms with E-state index in [0.717, 1.165) is 17.7 Å². The van der Waals surface area contributed by atoms with Crippen LogP contribution in [0.25, 0.3) is 0 Å². The van der Waals surface area contributed by atoms with Crippen molar-refractivity contribution in [3.8, 4) is 0 Å². The van der Waals surface area contributed by atoms with E-state index in [4.69, 9.17) is 11.6 Å². The van der Waals surface area contributed by atoms with E-state index in [1.165, 1.54) is 12.1 Å². The molecule has 174 valence electrons. The Morgan fingerprint density at radius 3 is 2.26 bits per heavy atom. The molecule has 8 heteroatoms. The highest BCUT2D eigenvalue weighted by atomic mass is 35.5. The summed E-state index contributed by atoms with van der Waals surface area (Å²) in [4.78, 5) is 30.5. The number of anilines is 2. The number of urea groups is 1. The van der Waals surface area contributed by atoms with Crippen LogP contribution in [0.3, 0.4) is 0 Å². The fraction of sp³-hybridized carbons (Fsp3) is 0.231. The SMILES string of the molecule is O=C(Nc1ccc(Cl)cc1)NC(C(=O)N1CC2CC1CN2c1ccc(F)cc1)c1ccccc1. The molecule has 6 nitrogen and oxygen atoms in total. The smallest absolute Gasteiger partial charge is 0.320 e. The van der Waals surface area contributed by atoms with Crippen LogP contribution in [-0.4, -0.2) is 42.0 Å². The molecule has 2 saturated heterocycles. The van der Waals surface area contributed by atoms with Crippen molar-refractivity contribution >= 4 is 34.9 Å². The van der Waals surface area contributed by atoms with E-state index in [-0.39, 0.29) is 23.8 Å². The summed E-state index contributed by atoms with van der Waals surface area (Å²) < 4.78 is 13.3. The Bertz CT molecular complexity index is 1170. The van der Waals surface area contributed by atoms with E-state index in [1.54, 1.807) is 36.4 Å². The quantitative estimate of drug-likeness (QED) is 0.552. The summed E-state index contributed by atoms with van der Waals surface area (Å²) in [6.45, 7) is 1.24. The van der Waals surface area contributed by atoms with Crippen LogP contribution in [0.1, 0.15) is 18.0 Å². The number of rotatable bonds is 5. The maximum absolute atomic E-state index is 13.7. The van der Waals surface area contributed by atoms with Gasteiger partial charge in [-0.3, -0.25) is 4.79 Å². The standard InChI is InChI=1S/C26H24ClFN4O2/c27-18-6-10-20(11-7-18)29-26(34)30-24(17-4-2-1-3-5-17)25(33)32-16-22-14-23(32)15-31(22)21-12-8-19(28)9-13-21/h1-13,22-24H,14-16H2,(H2,29,30,34). The third-order valence-corrected chi connectivity index (χ3v) is 6.69. The molecule has 2 bridgehead atoms. The van der Waals surface area contributed by atoms with Gasteiger partial charge in [-0.2, -0.15) is 0 Å². The second-order valence-corrected chi connectivity index (χ2v) is 9.05. The van der Waals surface area contributed by atoms with Gasteiger partial charge in [0.05, 0.1) is 6.04 Å². The highest BCUT2D eigenvalue weighted by Crippen LogP contribution is 2.36. The number of benzene rings is 3. The zero-order valence-corrected chi connectivity index (χ0v) is 19.1. The lowest BCUT2D eigenvalue weighted by molar-refractivity contribution is -0.134. The Kier molecular flexibility index (Phi) is 6.11. The molecule has 0 saturated carbocycles. The molecular formula is C26H24ClFN4O2. The third kappa shape index (κ3) is 4.56. The Labute approximate surface area is 202 Å². The fourth-order valence-corrected chi connectivity index (χ4v) is 4.94. The number of carbonyl (C=O) groups is 2. The summed E-state index contributed by atoms with van der Waals surface area (Å²) in [6, 6.07) is 21.4. The van der Waals surface area contributed by atoms with E-state index in [0.29, 0.717) is 23.8 Å². The van der Waals surface area contributed by atoms with Crippen LogP contribution in [0.5, 0.6) is 0 Å². The summed E-state index contributed by atoms with van der Waals surface area (Å²) in [5, 5.41) is 6.19. The molecule has 5 rings (SSSR count). The Morgan fingerprint density at radius 2 is 1.62 bits per heavy atom. The molecule has 3 aromatic carbocycles. The lowest BCUT2D eigenvalue weighted by atomic mass is 10.0. The molecule has 0 spiro atoms. The van der Waals surface area contributed by atoms with E-state index in [9.17, 15) is 14.0 Å². The zero-order chi connectivity index (χ0) is 23.7. The first kappa shape index (κ1) is 22.2. The highest BCUT2D eigenvalue weighted by molar-refractivity contribution is 6.30. The van der Waals surface area contributed by atoms with Gasteiger partial charge in [0.15, 0.2) is 0 Å². The summed E-state index contributed by atoms with van der Waals surface area (Å²) >= 11 is 5.92. The highest BCUT2D eigenvalue weighted by Gasteiger charge is 2.47. The molecule has 3 amide bonds. The molecule has 0 aliphatic carbocycles. The molecule has 2 N–H and O–H groups in total. The minimum atomic E-state index is -0.813. The van der Waals surface area contributed by atoms with Crippen LogP contribution < -0.4 is 15.5 Å². The number of likely N-dealkylation sites (tertiary alicyclic amines) is 1. The third-order valence-electron chi connectivity index (χ3n) is 6.44. The van der Waals surface area contributed by atoms with E-state index >= 15 is 0 Å². The van der Waals surface area contributed by atoms with E-state index in [1.807, 2.05) is 35.2 Å². The van der Waals surface area contributed by atoms with Crippen LogP contribution in [0, 0.1) is 5.82 Å². The van der Waals surface area contributed by atoms with E-state index < -0.39 is 12.1 Å². The van der Waals surface area contributed by atoms with Gasteiger partial charge < -0.3 is 20.4 Å². The van der Waals surface area contributed by atoms with Crippen molar-refractivity contribution in [1.29, 1.82) is 0 Å². The van der Waals surface area contributed by atoms with Gasteiger partial charge in [0, 0.05) is 35.5 Å². The summed E-state index contributed by atoms with van der Waals surface area (Å²) in [5.41, 5.74) is 2.26. The normalized spacial score (nSPS) is 19.7. The lowest BCUT2D eigenvalue weighted by Gasteiger charge is -2.37. The largest absolute Gasteiger partial charge is 0.365 e. The first-order valence-corrected chi connectivity index (χ1v) is 11.6. The number of amides is 3. The Morgan fingerprint density at radius 1 is 0.912 bits per heavy atom. The number of nitrogens with zero attached hydrogens (tertiary/aromatic N) is 2. The summed E-state index contributed by atoms with van der Waals surface area (Å²) in [7, 11) is 0. The number of nitrogens with one attached hydrogen (secondary N) is 2.